The summed E-state index contributed by atoms with van der Waals surface area (Å²) >= 11 is 5.74. The number of aliphatic hydroxyl groups is 1. The lowest BCUT2D eigenvalue weighted by Gasteiger charge is -2.41. The number of likely N-dealkylation sites (tertiary alicyclic amines) is 1. The highest BCUT2D eigenvalue weighted by Crippen LogP contribution is 2.26. The molecule has 124 valence electrons. The van der Waals surface area contributed by atoms with E-state index in [1.165, 1.54) is 6.07 Å². The van der Waals surface area contributed by atoms with Crippen LogP contribution < -0.4 is 0 Å². The van der Waals surface area contributed by atoms with Crippen LogP contribution in [0.15, 0.2) is 18.2 Å². The van der Waals surface area contributed by atoms with E-state index in [0.29, 0.717) is 12.0 Å². The molecule has 1 aliphatic rings. The van der Waals surface area contributed by atoms with Gasteiger partial charge in [0, 0.05) is 25.7 Å². The molecule has 0 radical (unpaired) electrons. The standard InChI is InChI=1S/C17H26ClFN2O/c1-20(2)17-7-8-21(12-14(17)4-3-9-22)11-13-5-6-15(18)16(19)10-13/h5-6,10,14,17,22H,3-4,7-9,11-12H2,1-2H3/t14-,17+/m1/s1. The van der Waals surface area contributed by atoms with Gasteiger partial charge in [0.15, 0.2) is 0 Å². The lowest BCUT2D eigenvalue weighted by atomic mass is 9.87. The second kappa shape index (κ2) is 8.25. The predicted molar refractivity (Wildman–Crippen MR) is 88.6 cm³/mol. The van der Waals surface area contributed by atoms with Gasteiger partial charge in [-0.3, -0.25) is 4.90 Å². The normalized spacial score (nSPS) is 23.2. The van der Waals surface area contributed by atoms with Crippen LogP contribution in [0.1, 0.15) is 24.8 Å². The monoisotopic (exact) mass is 328 g/mol. The zero-order valence-electron chi connectivity index (χ0n) is 13.4. The van der Waals surface area contributed by atoms with Gasteiger partial charge < -0.3 is 10.0 Å². The van der Waals surface area contributed by atoms with Crippen LogP contribution in [0.2, 0.25) is 5.02 Å². The number of benzene rings is 1. The van der Waals surface area contributed by atoms with Crippen molar-refractivity contribution in [1.82, 2.24) is 9.80 Å². The molecule has 1 aromatic carbocycles. The predicted octanol–water partition coefficient (Wildman–Crippen LogP) is 3.00. The Balaban J connectivity index is 1.99. The van der Waals surface area contributed by atoms with Gasteiger partial charge in [-0.05, 0) is 63.5 Å². The Morgan fingerprint density at radius 2 is 2.18 bits per heavy atom. The van der Waals surface area contributed by atoms with Gasteiger partial charge in [0.2, 0.25) is 0 Å². The van der Waals surface area contributed by atoms with Crippen molar-refractivity contribution < 1.29 is 9.50 Å². The Kier molecular flexibility index (Phi) is 6.63. The molecule has 1 aromatic rings. The zero-order chi connectivity index (χ0) is 16.1. The first-order valence-electron chi connectivity index (χ1n) is 7.95. The first kappa shape index (κ1) is 17.7. The maximum Gasteiger partial charge on any atom is 0.142 e. The first-order chi connectivity index (χ1) is 10.5. The second-order valence-electron chi connectivity index (χ2n) is 6.43. The Hall–Kier alpha value is -0.680. The van der Waals surface area contributed by atoms with Crippen LogP contribution in [-0.4, -0.2) is 54.7 Å². The molecule has 1 aliphatic heterocycles. The van der Waals surface area contributed by atoms with E-state index in [1.54, 1.807) is 6.07 Å². The number of rotatable bonds is 6. The summed E-state index contributed by atoms with van der Waals surface area (Å²) in [5.41, 5.74) is 0.964. The van der Waals surface area contributed by atoms with Crippen LogP contribution in [0.3, 0.4) is 0 Å². The molecule has 0 bridgehead atoms. The lowest BCUT2D eigenvalue weighted by molar-refractivity contribution is 0.0717. The third kappa shape index (κ3) is 4.66. The highest BCUT2D eigenvalue weighted by atomic mass is 35.5. The Labute approximate surface area is 137 Å². The summed E-state index contributed by atoms with van der Waals surface area (Å²) in [5.74, 6) is 0.201. The van der Waals surface area contributed by atoms with E-state index in [0.717, 1.165) is 44.5 Å². The minimum Gasteiger partial charge on any atom is -0.396 e. The number of halogens is 2. The minimum atomic E-state index is -0.348. The van der Waals surface area contributed by atoms with Crippen molar-refractivity contribution in [3.05, 3.63) is 34.6 Å². The van der Waals surface area contributed by atoms with Crippen molar-refractivity contribution in [2.75, 3.05) is 33.8 Å². The molecular formula is C17H26ClFN2O. The van der Waals surface area contributed by atoms with E-state index >= 15 is 0 Å². The van der Waals surface area contributed by atoms with Gasteiger partial charge in [-0.25, -0.2) is 4.39 Å². The van der Waals surface area contributed by atoms with Crippen molar-refractivity contribution >= 4 is 11.6 Å². The molecule has 1 heterocycles. The molecule has 0 spiro atoms. The molecular weight excluding hydrogens is 303 g/mol. The fraction of sp³-hybridized carbons (Fsp3) is 0.647. The summed E-state index contributed by atoms with van der Waals surface area (Å²) in [6.45, 7) is 3.01. The van der Waals surface area contributed by atoms with Crippen LogP contribution >= 0.6 is 11.6 Å². The highest BCUT2D eigenvalue weighted by Gasteiger charge is 2.30. The molecule has 2 atom stereocenters. The molecule has 1 fully saturated rings. The van der Waals surface area contributed by atoms with Gasteiger partial charge in [0.05, 0.1) is 5.02 Å². The van der Waals surface area contributed by atoms with E-state index in [2.05, 4.69) is 23.9 Å². The van der Waals surface area contributed by atoms with Crippen LogP contribution in [0, 0.1) is 11.7 Å². The maximum atomic E-state index is 13.6. The number of nitrogens with zero attached hydrogens (tertiary/aromatic N) is 2. The van der Waals surface area contributed by atoms with Gasteiger partial charge in [-0.15, -0.1) is 0 Å². The summed E-state index contributed by atoms with van der Waals surface area (Å²) < 4.78 is 13.6. The second-order valence-corrected chi connectivity index (χ2v) is 6.84. The Bertz CT molecular complexity index is 484. The van der Waals surface area contributed by atoms with Crippen molar-refractivity contribution in [3.8, 4) is 0 Å². The van der Waals surface area contributed by atoms with Gasteiger partial charge in [0.1, 0.15) is 5.82 Å². The van der Waals surface area contributed by atoms with Gasteiger partial charge in [-0.1, -0.05) is 17.7 Å². The molecule has 22 heavy (non-hydrogen) atoms. The maximum absolute atomic E-state index is 13.6. The van der Waals surface area contributed by atoms with Crippen molar-refractivity contribution in [3.63, 3.8) is 0 Å². The van der Waals surface area contributed by atoms with Crippen LogP contribution in [0.25, 0.3) is 0 Å². The molecule has 0 aliphatic carbocycles. The summed E-state index contributed by atoms with van der Waals surface area (Å²) in [5, 5.41) is 9.27. The Morgan fingerprint density at radius 1 is 1.41 bits per heavy atom. The molecule has 0 saturated carbocycles. The first-order valence-corrected chi connectivity index (χ1v) is 8.32. The zero-order valence-corrected chi connectivity index (χ0v) is 14.2. The summed E-state index contributed by atoms with van der Waals surface area (Å²) in [7, 11) is 4.25. The van der Waals surface area contributed by atoms with E-state index in [9.17, 15) is 4.39 Å². The van der Waals surface area contributed by atoms with Gasteiger partial charge in [0.25, 0.3) is 0 Å². The molecule has 1 saturated heterocycles. The molecule has 0 amide bonds. The fourth-order valence-electron chi connectivity index (χ4n) is 3.45. The molecule has 0 unspecified atom stereocenters. The van der Waals surface area contributed by atoms with E-state index in [4.69, 9.17) is 16.7 Å². The number of aliphatic hydroxyl groups excluding tert-OH is 1. The van der Waals surface area contributed by atoms with Crippen LogP contribution in [0.5, 0.6) is 0 Å². The topological polar surface area (TPSA) is 26.7 Å². The van der Waals surface area contributed by atoms with E-state index in [1.807, 2.05) is 6.07 Å². The third-order valence-electron chi connectivity index (χ3n) is 4.56. The van der Waals surface area contributed by atoms with E-state index in [-0.39, 0.29) is 17.4 Å². The average molecular weight is 329 g/mol. The molecule has 3 nitrogen and oxygen atoms in total. The molecule has 1 N–H and O–H groups in total. The molecule has 0 aromatic heterocycles. The minimum absolute atomic E-state index is 0.177. The number of hydrogen-bond donors (Lipinski definition) is 1. The van der Waals surface area contributed by atoms with Crippen molar-refractivity contribution in [1.29, 1.82) is 0 Å². The van der Waals surface area contributed by atoms with Gasteiger partial charge in [-0.2, -0.15) is 0 Å². The van der Waals surface area contributed by atoms with Crippen molar-refractivity contribution in [2.24, 2.45) is 5.92 Å². The van der Waals surface area contributed by atoms with E-state index < -0.39 is 0 Å². The lowest BCUT2D eigenvalue weighted by Crippen LogP contribution is -2.48. The average Bonchev–Trinajstić information content (AvgIpc) is 2.49. The smallest absolute Gasteiger partial charge is 0.142 e. The summed E-state index contributed by atoms with van der Waals surface area (Å²) in [6, 6.07) is 5.61. The highest BCUT2D eigenvalue weighted by molar-refractivity contribution is 6.30. The molecule has 2 rings (SSSR count). The number of piperidine rings is 1. The van der Waals surface area contributed by atoms with Crippen molar-refractivity contribution in [2.45, 2.75) is 31.8 Å². The summed E-state index contributed by atoms with van der Waals surface area (Å²) in [4.78, 5) is 4.67. The summed E-state index contributed by atoms with van der Waals surface area (Å²) in [6.07, 6.45) is 2.99. The third-order valence-corrected chi connectivity index (χ3v) is 4.87. The SMILES string of the molecule is CN(C)[C@H]1CCN(Cc2ccc(Cl)c(F)c2)C[C@H]1CCCO. The van der Waals surface area contributed by atoms with Crippen LogP contribution in [0.4, 0.5) is 4.39 Å². The molecule has 5 heteroatoms. The largest absolute Gasteiger partial charge is 0.396 e. The fourth-order valence-corrected chi connectivity index (χ4v) is 3.57. The van der Waals surface area contributed by atoms with Gasteiger partial charge >= 0.3 is 0 Å². The Morgan fingerprint density at radius 3 is 2.82 bits per heavy atom. The quantitative estimate of drug-likeness (QED) is 0.869. The number of hydrogen-bond acceptors (Lipinski definition) is 3. The van der Waals surface area contributed by atoms with Crippen LogP contribution in [-0.2, 0) is 6.54 Å².